The lowest BCUT2D eigenvalue weighted by Crippen LogP contribution is -2.48. The van der Waals surface area contributed by atoms with E-state index in [1.54, 1.807) is 0 Å². The second kappa shape index (κ2) is 7.25. The molecule has 1 unspecified atom stereocenters. The highest BCUT2D eigenvalue weighted by molar-refractivity contribution is 5.75. The van der Waals surface area contributed by atoms with Crippen molar-refractivity contribution in [3.8, 4) is 0 Å². The Morgan fingerprint density at radius 2 is 1.95 bits per heavy atom. The third kappa shape index (κ3) is 4.18. The van der Waals surface area contributed by atoms with Crippen molar-refractivity contribution < 1.29 is 14.6 Å². The number of rotatable bonds is 5. The standard InChI is InChI=1S/C15H27NO3/c1-19-15(18)14-8-4-5-9-16(14)11-13(17)10-12-6-2-3-7-12/h12-14,17H,2-11H2,1H3/t13?,14-/m1/s1. The number of ether oxygens (including phenoxy) is 1. The Morgan fingerprint density at radius 1 is 1.26 bits per heavy atom. The summed E-state index contributed by atoms with van der Waals surface area (Å²) in [5.41, 5.74) is 0. The number of hydrogen-bond donors (Lipinski definition) is 1. The van der Waals surface area contributed by atoms with Crippen LogP contribution in [0.1, 0.15) is 51.4 Å². The molecule has 1 aliphatic carbocycles. The molecule has 2 rings (SSSR count). The molecule has 110 valence electrons. The smallest absolute Gasteiger partial charge is 0.323 e. The molecule has 0 aromatic carbocycles. The van der Waals surface area contributed by atoms with E-state index < -0.39 is 0 Å². The first kappa shape index (κ1) is 14.8. The van der Waals surface area contributed by atoms with Gasteiger partial charge in [-0.15, -0.1) is 0 Å². The molecule has 0 bridgehead atoms. The molecule has 0 aromatic heterocycles. The lowest BCUT2D eigenvalue weighted by molar-refractivity contribution is -0.149. The SMILES string of the molecule is COC(=O)[C@H]1CCCCN1CC(O)CC1CCCC1. The number of aliphatic hydroxyl groups is 1. The molecule has 0 amide bonds. The van der Waals surface area contributed by atoms with Gasteiger partial charge in [0.15, 0.2) is 0 Å². The average molecular weight is 269 g/mol. The van der Waals surface area contributed by atoms with Crippen LogP contribution in [0.5, 0.6) is 0 Å². The van der Waals surface area contributed by atoms with Gasteiger partial charge in [0.05, 0.1) is 13.2 Å². The Morgan fingerprint density at radius 3 is 2.63 bits per heavy atom. The fraction of sp³-hybridized carbons (Fsp3) is 0.933. The number of β-amino-alcohol motifs (C(OH)–C–C–N with tert-alkyl or cyclic N) is 1. The number of carbonyl (C=O) groups is 1. The van der Waals surface area contributed by atoms with Crippen LogP contribution >= 0.6 is 0 Å². The maximum atomic E-state index is 11.8. The Kier molecular flexibility index (Phi) is 5.64. The van der Waals surface area contributed by atoms with Gasteiger partial charge >= 0.3 is 5.97 Å². The van der Waals surface area contributed by atoms with E-state index in [-0.39, 0.29) is 18.1 Å². The summed E-state index contributed by atoms with van der Waals surface area (Å²) in [7, 11) is 1.45. The summed E-state index contributed by atoms with van der Waals surface area (Å²) in [5.74, 6) is 0.545. The predicted octanol–water partition coefficient (Wildman–Crippen LogP) is 1.96. The van der Waals surface area contributed by atoms with Crippen LogP contribution in [0.15, 0.2) is 0 Å². The van der Waals surface area contributed by atoms with Crippen LogP contribution in [0.2, 0.25) is 0 Å². The minimum atomic E-state index is -0.298. The highest BCUT2D eigenvalue weighted by Gasteiger charge is 2.31. The highest BCUT2D eigenvalue weighted by atomic mass is 16.5. The maximum Gasteiger partial charge on any atom is 0.323 e. The van der Waals surface area contributed by atoms with Crippen molar-refractivity contribution >= 4 is 5.97 Å². The Bertz CT molecular complexity index is 289. The lowest BCUT2D eigenvalue weighted by atomic mass is 9.97. The van der Waals surface area contributed by atoms with Gasteiger partial charge in [-0.3, -0.25) is 9.69 Å². The first-order valence-electron chi connectivity index (χ1n) is 7.70. The van der Waals surface area contributed by atoms with Crippen molar-refractivity contribution in [2.75, 3.05) is 20.2 Å². The Hall–Kier alpha value is -0.610. The quantitative estimate of drug-likeness (QED) is 0.775. The van der Waals surface area contributed by atoms with Crippen LogP contribution in [0.4, 0.5) is 0 Å². The van der Waals surface area contributed by atoms with Gasteiger partial charge in [-0.25, -0.2) is 0 Å². The first-order valence-corrected chi connectivity index (χ1v) is 7.70. The summed E-state index contributed by atoms with van der Waals surface area (Å²) in [4.78, 5) is 13.9. The minimum absolute atomic E-state index is 0.142. The Balaban J connectivity index is 1.82. The maximum absolute atomic E-state index is 11.8. The van der Waals surface area contributed by atoms with Crippen molar-refractivity contribution in [1.29, 1.82) is 0 Å². The van der Waals surface area contributed by atoms with Gasteiger partial charge in [-0.05, 0) is 31.7 Å². The van der Waals surface area contributed by atoms with Crippen molar-refractivity contribution in [1.82, 2.24) is 4.90 Å². The van der Waals surface area contributed by atoms with E-state index in [0.717, 1.165) is 32.2 Å². The van der Waals surface area contributed by atoms with E-state index in [0.29, 0.717) is 12.5 Å². The second-order valence-electron chi connectivity index (χ2n) is 6.07. The molecule has 1 saturated heterocycles. The largest absolute Gasteiger partial charge is 0.468 e. The minimum Gasteiger partial charge on any atom is -0.468 e. The molecule has 19 heavy (non-hydrogen) atoms. The molecule has 1 heterocycles. The number of hydrogen-bond acceptors (Lipinski definition) is 4. The van der Waals surface area contributed by atoms with E-state index in [4.69, 9.17) is 4.74 Å². The van der Waals surface area contributed by atoms with Crippen LogP contribution in [-0.4, -0.2) is 48.3 Å². The molecule has 2 atom stereocenters. The highest BCUT2D eigenvalue weighted by Crippen LogP contribution is 2.29. The Labute approximate surface area is 116 Å². The number of aliphatic hydroxyl groups excluding tert-OH is 1. The molecule has 2 fully saturated rings. The average Bonchev–Trinajstić information content (AvgIpc) is 2.91. The van der Waals surface area contributed by atoms with Gasteiger partial charge in [0, 0.05) is 6.54 Å². The zero-order chi connectivity index (χ0) is 13.7. The number of esters is 1. The van der Waals surface area contributed by atoms with Gasteiger partial charge in [0.25, 0.3) is 0 Å². The van der Waals surface area contributed by atoms with Crippen molar-refractivity contribution in [2.24, 2.45) is 5.92 Å². The lowest BCUT2D eigenvalue weighted by Gasteiger charge is -2.35. The summed E-state index contributed by atoms with van der Waals surface area (Å²) in [6, 6.07) is -0.142. The molecule has 0 radical (unpaired) electrons. The first-order chi connectivity index (χ1) is 9.20. The number of piperidine rings is 1. The molecule has 0 spiro atoms. The van der Waals surface area contributed by atoms with E-state index in [1.165, 1.54) is 32.8 Å². The number of likely N-dealkylation sites (tertiary alicyclic amines) is 1. The van der Waals surface area contributed by atoms with E-state index in [2.05, 4.69) is 4.90 Å². The number of methoxy groups -OCH3 is 1. The van der Waals surface area contributed by atoms with Crippen LogP contribution in [-0.2, 0) is 9.53 Å². The fourth-order valence-electron chi connectivity index (χ4n) is 3.59. The molecular formula is C15H27NO3. The summed E-state index contributed by atoms with van der Waals surface area (Å²) < 4.78 is 4.87. The van der Waals surface area contributed by atoms with Gasteiger partial charge in [0.2, 0.25) is 0 Å². The molecule has 4 nitrogen and oxygen atoms in total. The van der Waals surface area contributed by atoms with Crippen molar-refractivity contribution in [2.45, 2.75) is 63.5 Å². The van der Waals surface area contributed by atoms with E-state index in [9.17, 15) is 9.90 Å². The predicted molar refractivity (Wildman–Crippen MR) is 73.8 cm³/mol. The molecule has 1 aliphatic heterocycles. The van der Waals surface area contributed by atoms with Gasteiger partial charge in [-0.2, -0.15) is 0 Å². The van der Waals surface area contributed by atoms with Crippen LogP contribution in [0.25, 0.3) is 0 Å². The van der Waals surface area contributed by atoms with Gasteiger partial charge in [-0.1, -0.05) is 32.1 Å². The zero-order valence-corrected chi connectivity index (χ0v) is 12.0. The van der Waals surface area contributed by atoms with Crippen LogP contribution in [0.3, 0.4) is 0 Å². The summed E-state index contributed by atoms with van der Waals surface area (Å²) in [6.45, 7) is 1.53. The number of nitrogens with zero attached hydrogens (tertiary/aromatic N) is 1. The summed E-state index contributed by atoms with van der Waals surface area (Å²) >= 11 is 0. The van der Waals surface area contributed by atoms with Crippen LogP contribution < -0.4 is 0 Å². The third-order valence-corrected chi connectivity index (χ3v) is 4.61. The third-order valence-electron chi connectivity index (χ3n) is 4.61. The molecule has 4 heteroatoms. The number of carbonyl (C=O) groups excluding carboxylic acids is 1. The van der Waals surface area contributed by atoms with Crippen molar-refractivity contribution in [3.05, 3.63) is 0 Å². The summed E-state index contributed by atoms with van der Waals surface area (Å²) in [6.07, 6.45) is 8.80. The fourth-order valence-corrected chi connectivity index (χ4v) is 3.59. The molecule has 1 saturated carbocycles. The summed E-state index contributed by atoms with van der Waals surface area (Å²) in [5, 5.41) is 10.2. The monoisotopic (exact) mass is 269 g/mol. The van der Waals surface area contributed by atoms with E-state index >= 15 is 0 Å². The van der Waals surface area contributed by atoms with Gasteiger partial charge < -0.3 is 9.84 Å². The second-order valence-corrected chi connectivity index (χ2v) is 6.07. The topological polar surface area (TPSA) is 49.8 Å². The molecule has 2 aliphatic rings. The molecular weight excluding hydrogens is 242 g/mol. The van der Waals surface area contributed by atoms with Crippen molar-refractivity contribution in [3.63, 3.8) is 0 Å². The molecule has 1 N–H and O–H groups in total. The zero-order valence-electron chi connectivity index (χ0n) is 12.0. The normalized spacial score (nSPS) is 27.4. The van der Waals surface area contributed by atoms with Gasteiger partial charge in [0.1, 0.15) is 6.04 Å². The van der Waals surface area contributed by atoms with E-state index in [1.807, 2.05) is 0 Å². The van der Waals surface area contributed by atoms with Crippen LogP contribution in [0, 0.1) is 5.92 Å². The molecule has 0 aromatic rings.